The van der Waals surface area contributed by atoms with Crippen LogP contribution in [0.3, 0.4) is 0 Å². The van der Waals surface area contributed by atoms with Gasteiger partial charge in [0, 0.05) is 24.8 Å². The van der Waals surface area contributed by atoms with Crippen molar-refractivity contribution in [1.29, 1.82) is 0 Å². The van der Waals surface area contributed by atoms with E-state index in [2.05, 4.69) is 24.0 Å². The predicted octanol–water partition coefficient (Wildman–Crippen LogP) is 1.96. The second-order valence-electron chi connectivity index (χ2n) is 4.37. The number of hydrogen-bond acceptors (Lipinski definition) is 3. The molecule has 2 rings (SSSR count). The average molecular weight is 221 g/mol. The van der Waals surface area contributed by atoms with Crippen LogP contribution in [0.25, 0.3) is 0 Å². The van der Waals surface area contributed by atoms with Crippen LogP contribution >= 0.6 is 0 Å². The lowest BCUT2D eigenvalue weighted by Gasteiger charge is -2.32. The molecule has 3 heteroatoms. The van der Waals surface area contributed by atoms with Gasteiger partial charge in [0.1, 0.15) is 5.75 Å². The fourth-order valence-corrected chi connectivity index (χ4v) is 2.16. The molecule has 1 N–H and O–H groups in total. The molecule has 1 aromatic carbocycles. The van der Waals surface area contributed by atoms with Crippen LogP contribution in [0.4, 0.5) is 5.69 Å². The van der Waals surface area contributed by atoms with E-state index in [0.29, 0.717) is 0 Å². The lowest BCUT2D eigenvalue weighted by Crippen LogP contribution is -2.36. The van der Waals surface area contributed by atoms with E-state index >= 15 is 0 Å². The maximum absolute atomic E-state index is 9.49. The zero-order valence-electron chi connectivity index (χ0n) is 9.94. The molecule has 0 spiro atoms. The predicted molar refractivity (Wildman–Crippen MR) is 65.2 cm³/mol. The van der Waals surface area contributed by atoms with Crippen LogP contribution in [0.15, 0.2) is 18.2 Å². The standard InChI is InChI=1S/C13H19NO2/c1-10-3-4-12(16-2)9-13(10)14-7-5-11(15)6-8-14/h3-4,9,11,15H,5-8H2,1-2H3. The van der Waals surface area contributed by atoms with Crippen molar-refractivity contribution in [2.24, 2.45) is 0 Å². The Kier molecular flexibility index (Phi) is 3.34. The van der Waals surface area contributed by atoms with Gasteiger partial charge in [-0.2, -0.15) is 0 Å². The monoisotopic (exact) mass is 221 g/mol. The van der Waals surface area contributed by atoms with Gasteiger partial charge in [-0.05, 0) is 31.4 Å². The largest absolute Gasteiger partial charge is 0.497 e. The molecule has 0 radical (unpaired) electrons. The Morgan fingerprint density at radius 1 is 1.31 bits per heavy atom. The number of hydrogen-bond donors (Lipinski definition) is 1. The van der Waals surface area contributed by atoms with Gasteiger partial charge >= 0.3 is 0 Å². The van der Waals surface area contributed by atoms with Crippen molar-refractivity contribution in [3.8, 4) is 5.75 Å². The molecule has 0 aliphatic carbocycles. The van der Waals surface area contributed by atoms with Crippen molar-refractivity contribution in [1.82, 2.24) is 0 Å². The molecular formula is C13H19NO2. The molecule has 0 atom stereocenters. The number of aryl methyl sites for hydroxylation is 1. The molecule has 1 heterocycles. The first kappa shape index (κ1) is 11.3. The van der Waals surface area contributed by atoms with E-state index in [9.17, 15) is 5.11 Å². The van der Waals surface area contributed by atoms with E-state index in [4.69, 9.17) is 4.74 Å². The van der Waals surface area contributed by atoms with E-state index in [1.54, 1.807) is 7.11 Å². The lowest BCUT2D eigenvalue weighted by atomic mass is 10.1. The van der Waals surface area contributed by atoms with Crippen LogP contribution in [0.5, 0.6) is 5.75 Å². The first-order valence-corrected chi connectivity index (χ1v) is 5.78. The van der Waals surface area contributed by atoms with Gasteiger partial charge in [-0.15, -0.1) is 0 Å². The van der Waals surface area contributed by atoms with Crippen molar-refractivity contribution < 1.29 is 9.84 Å². The molecule has 0 amide bonds. The summed E-state index contributed by atoms with van der Waals surface area (Å²) in [5.74, 6) is 0.895. The molecule has 16 heavy (non-hydrogen) atoms. The lowest BCUT2D eigenvalue weighted by molar-refractivity contribution is 0.145. The van der Waals surface area contributed by atoms with Crippen LogP contribution in [0.2, 0.25) is 0 Å². The summed E-state index contributed by atoms with van der Waals surface area (Å²) in [7, 11) is 1.69. The van der Waals surface area contributed by atoms with Crippen LogP contribution < -0.4 is 9.64 Å². The van der Waals surface area contributed by atoms with Gasteiger partial charge in [0.15, 0.2) is 0 Å². The van der Waals surface area contributed by atoms with Crippen LogP contribution in [-0.4, -0.2) is 31.4 Å². The molecule has 1 saturated heterocycles. The molecule has 0 bridgehead atoms. The Labute approximate surface area is 96.6 Å². The first-order chi connectivity index (χ1) is 7.70. The summed E-state index contributed by atoms with van der Waals surface area (Å²) in [6.45, 7) is 3.96. The summed E-state index contributed by atoms with van der Waals surface area (Å²) < 4.78 is 5.25. The minimum absolute atomic E-state index is 0.123. The van der Waals surface area contributed by atoms with E-state index < -0.39 is 0 Å². The highest BCUT2D eigenvalue weighted by Crippen LogP contribution is 2.27. The Bertz CT molecular complexity index is 357. The molecule has 1 aromatic rings. The van der Waals surface area contributed by atoms with Crippen molar-refractivity contribution in [3.63, 3.8) is 0 Å². The summed E-state index contributed by atoms with van der Waals surface area (Å²) in [5.41, 5.74) is 2.49. The minimum atomic E-state index is -0.123. The average Bonchev–Trinajstić information content (AvgIpc) is 2.31. The number of ether oxygens (including phenoxy) is 1. The molecule has 1 aliphatic rings. The number of aliphatic hydroxyl groups excluding tert-OH is 1. The van der Waals surface area contributed by atoms with Crippen LogP contribution in [0, 0.1) is 6.92 Å². The van der Waals surface area contributed by atoms with E-state index in [0.717, 1.165) is 31.7 Å². The highest BCUT2D eigenvalue weighted by molar-refractivity contribution is 5.57. The molecule has 3 nitrogen and oxygen atoms in total. The number of nitrogens with zero attached hydrogens (tertiary/aromatic N) is 1. The molecule has 1 aliphatic heterocycles. The fraction of sp³-hybridized carbons (Fsp3) is 0.538. The third kappa shape index (κ3) is 2.30. The maximum Gasteiger partial charge on any atom is 0.120 e. The normalized spacial score (nSPS) is 17.6. The third-order valence-electron chi connectivity index (χ3n) is 3.22. The summed E-state index contributed by atoms with van der Waals surface area (Å²) in [5, 5.41) is 9.49. The number of anilines is 1. The second-order valence-corrected chi connectivity index (χ2v) is 4.37. The van der Waals surface area contributed by atoms with Gasteiger partial charge in [0.2, 0.25) is 0 Å². The molecule has 0 aromatic heterocycles. The van der Waals surface area contributed by atoms with Gasteiger partial charge in [0.05, 0.1) is 13.2 Å². The summed E-state index contributed by atoms with van der Waals surface area (Å²) in [4.78, 5) is 2.32. The van der Waals surface area contributed by atoms with Gasteiger partial charge in [0.25, 0.3) is 0 Å². The Morgan fingerprint density at radius 2 is 2.00 bits per heavy atom. The SMILES string of the molecule is COc1ccc(C)c(N2CCC(O)CC2)c1. The number of aliphatic hydroxyl groups is 1. The summed E-state index contributed by atoms with van der Waals surface area (Å²) in [6.07, 6.45) is 1.59. The van der Waals surface area contributed by atoms with Crippen LogP contribution in [-0.2, 0) is 0 Å². The maximum atomic E-state index is 9.49. The minimum Gasteiger partial charge on any atom is -0.497 e. The molecular weight excluding hydrogens is 202 g/mol. The zero-order valence-corrected chi connectivity index (χ0v) is 9.94. The zero-order chi connectivity index (χ0) is 11.5. The van der Waals surface area contributed by atoms with E-state index in [1.807, 2.05) is 6.07 Å². The van der Waals surface area contributed by atoms with E-state index in [1.165, 1.54) is 11.3 Å². The first-order valence-electron chi connectivity index (χ1n) is 5.78. The topological polar surface area (TPSA) is 32.7 Å². The van der Waals surface area contributed by atoms with Gasteiger partial charge in [-0.1, -0.05) is 6.07 Å². The van der Waals surface area contributed by atoms with Crippen molar-refractivity contribution in [2.75, 3.05) is 25.1 Å². The van der Waals surface area contributed by atoms with E-state index in [-0.39, 0.29) is 6.10 Å². The van der Waals surface area contributed by atoms with Crippen LogP contribution in [0.1, 0.15) is 18.4 Å². The van der Waals surface area contributed by atoms with Gasteiger partial charge < -0.3 is 14.7 Å². The highest BCUT2D eigenvalue weighted by atomic mass is 16.5. The third-order valence-corrected chi connectivity index (χ3v) is 3.22. The Balaban J connectivity index is 2.19. The highest BCUT2D eigenvalue weighted by Gasteiger charge is 2.18. The number of rotatable bonds is 2. The van der Waals surface area contributed by atoms with Gasteiger partial charge in [-0.25, -0.2) is 0 Å². The number of methoxy groups -OCH3 is 1. The molecule has 0 unspecified atom stereocenters. The Morgan fingerprint density at radius 3 is 2.62 bits per heavy atom. The van der Waals surface area contributed by atoms with Crippen molar-refractivity contribution >= 4 is 5.69 Å². The molecule has 0 saturated carbocycles. The Hall–Kier alpha value is -1.22. The van der Waals surface area contributed by atoms with Crippen molar-refractivity contribution in [3.05, 3.63) is 23.8 Å². The molecule has 88 valence electrons. The second kappa shape index (κ2) is 4.74. The smallest absolute Gasteiger partial charge is 0.120 e. The summed E-state index contributed by atoms with van der Waals surface area (Å²) >= 11 is 0. The fourth-order valence-electron chi connectivity index (χ4n) is 2.16. The molecule has 1 fully saturated rings. The number of piperidine rings is 1. The quantitative estimate of drug-likeness (QED) is 0.828. The summed E-state index contributed by atoms with van der Waals surface area (Å²) in [6, 6.07) is 6.14. The number of benzene rings is 1. The van der Waals surface area contributed by atoms with Gasteiger partial charge in [-0.3, -0.25) is 0 Å². The van der Waals surface area contributed by atoms with Crippen molar-refractivity contribution in [2.45, 2.75) is 25.9 Å².